The third kappa shape index (κ3) is 4.18. The van der Waals surface area contributed by atoms with E-state index in [0.29, 0.717) is 16.7 Å². The second-order valence-electron chi connectivity index (χ2n) is 7.64. The molecule has 32 heavy (non-hydrogen) atoms. The molecule has 0 atom stereocenters. The lowest BCUT2D eigenvalue weighted by molar-refractivity contribution is 0.0251. The molecule has 7 nitrogen and oxygen atoms in total. The molecule has 0 radical (unpaired) electrons. The summed E-state index contributed by atoms with van der Waals surface area (Å²) in [5.41, 5.74) is 3.03. The summed E-state index contributed by atoms with van der Waals surface area (Å²) in [5.74, 6) is -0.0242. The van der Waals surface area contributed by atoms with Crippen molar-refractivity contribution in [3.05, 3.63) is 94.0 Å². The van der Waals surface area contributed by atoms with Crippen molar-refractivity contribution in [2.45, 2.75) is 25.6 Å². The van der Waals surface area contributed by atoms with Crippen molar-refractivity contribution in [2.24, 2.45) is 0 Å². The molecule has 0 fully saturated rings. The quantitative estimate of drug-likeness (QED) is 0.396. The Hall–Kier alpha value is -3.39. The van der Waals surface area contributed by atoms with E-state index in [1.807, 2.05) is 24.3 Å². The molecule has 3 aromatic carbocycles. The van der Waals surface area contributed by atoms with Crippen molar-refractivity contribution < 1.29 is 35.1 Å². The van der Waals surface area contributed by atoms with Gasteiger partial charge in [0.15, 0.2) is 5.60 Å². The number of hydrogen-bond acceptors (Lipinski definition) is 7. The third-order valence-electron chi connectivity index (χ3n) is 5.40. The lowest BCUT2D eigenvalue weighted by Gasteiger charge is -2.31. The molecule has 168 valence electrons. The van der Waals surface area contributed by atoms with E-state index in [9.17, 15) is 15.0 Å². The number of aliphatic hydroxyl groups excluding tert-OH is 3. The van der Waals surface area contributed by atoms with E-state index in [4.69, 9.17) is 20.1 Å². The molecule has 0 unspecified atom stereocenters. The minimum atomic E-state index is -1.12. The lowest BCUT2D eigenvalue weighted by Crippen LogP contribution is -2.29. The van der Waals surface area contributed by atoms with Crippen LogP contribution in [0.2, 0.25) is 0 Å². The van der Waals surface area contributed by atoms with E-state index in [0.717, 1.165) is 16.7 Å². The fourth-order valence-corrected chi connectivity index (χ4v) is 3.62. The van der Waals surface area contributed by atoms with E-state index in [-0.39, 0.29) is 24.7 Å². The van der Waals surface area contributed by atoms with Gasteiger partial charge in [-0.25, -0.2) is 4.79 Å². The Morgan fingerprint density at radius 1 is 0.844 bits per heavy atom. The first-order valence-electron chi connectivity index (χ1n) is 10.1. The fraction of sp³-hybridized carbons (Fsp3) is 0.240. The van der Waals surface area contributed by atoms with E-state index >= 15 is 0 Å². The average molecular weight is 438 g/mol. The first kappa shape index (κ1) is 23.3. The molecule has 1 aliphatic heterocycles. The maximum Gasteiger partial charge on any atom is 0.340 e. The number of aromatic hydroxyl groups is 2. The number of rotatable bonds is 4. The van der Waals surface area contributed by atoms with E-state index in [2.05, 4.69) is 0 Å². The van der Waals surface area contributed by atoms with Crippen LogP contribution in [0.3, 0.4) is 0 Å². The van der Waals surface area contributed by atoms with Crippen molar-refractivity contribution >= 4 is 5.97 Å². The monoisotopic (exact) mass is 438 g/mol. The zero-order chi connectivity index (χ0) is 23.5. The normalized spacial score (nSPS) is 13.9. The minimum absolute atomic E-state index is 0.184. The molecule has 0 saturated heterocycles. The standard InChI is InChI=1S/C22H18O4.C3H8O3/c1-13-11-15(7-9-19(13)23)22(16-8-10-20(24)14(2)12-16)18-6-4-3-5-17(18)21(25)26-22;4-1-3(6)2-5/h3-12,23-24H,1-2H3;3-6H,1-2H2. The molecular weight excluding hydrogens is 412 g/mol. The Kier molecular flexibility index (Phi) is 6.84. The second-order valence-corrected chi connectivity index (χ2v) is 7.64. The topological polar surface area (TPSA) is 127 Å². The van der Waals surface area contributed by atoms with Crippen LogP contribution >= 0.6 is 0 Å². The molecule has 3 aromatic rings. The number of aryl methyl sites for hydroxylation is 2. The highest BCUT2D eigenvalue weighted by molar-refractivity contribution is 5.96. The summed E-state index contributed by atoms with van der Waals surface area (Å²) in [4.78, 5) is 12.6. The van der Waals surface area contributed by atoms with Crippen LogP contribution in [0.25, 0.3) is 0 Å². The molecule has 4 rings (SSSR count). The highest BCUT2D eigenvalue weighted by atomic mass is 16.6. The predicted molar refractivity (Wildman–Crippen MR) is 118 cm³/mol. The van der Waals surface area contributed by atoms with Gasteiger partial charge in [-0.15, -0.1) is 0 Å². The van der Waals surface area contributed by atoms with Gasteiger partial charge in [0.25, 0.3) is 0 Å². The van der Waals surface area contributed by atoms with Crippen LogP contribution in [-0.4, -0.2) is 50.8 Å². The molecule has 7 heteroatoms. The van der Waals surface area contributed by atoms with Gasteiger partial charge in [-0.3, -0.25) is 0 Å². The molecular formula is C25H26O7. The van der Waals surface area contributed by atoms with Crippen molar-refractivity contribution in [3.8, 4) is 11.5 Å². The molecule has 0 saturated carbocycles. The number of carbonyl (C=O) groups excluding carboxylic acids is 1. The van der Waals surface area contributed by atoms with Crippen molar-refractivity contribution in [3.63, 3.8) is 0 Å². The largest absolute Gasteiger partial charge is 0.508 e. The molecule has 0 bridgehead atoms. The molecule has 0 aliphatic carbocycles. The number of aliphatic hydroxyl groups is 3. The number of benzene rings is 3. The van der Waals surface area contributed by atoms with Gasteiger partial charge in [0.1, 0.15) is 17.6 Å². The summed E-state index contributed by atoms with van der Waals surface area (Å²) >= 11 is 0. The number of phenols is 2. The van der Waals surface area contributed by atoms with Crippen LogP contribution < -0.4 is 0 Å². The molecule has 0 spiro atoms. The number of fused-ring (bicyclic) bond motifs is 1. The van der Waals surface area contributed by atoms with Crippen LogP contribution in [0, 0.1) is 13.8 Å². The highest BCUT2D eigenvalue weighted by Gasteiger charge is 2.48. The summed E-state index contributed by atoms with van der Waals surface area (Å²) in [6.45, 7) is 2.88. The van der Waals surface area contributed by atoms with Crippen LogP contribution in [-0.2, 0) is 10.3 Å². The molecule has 1 heterocycles. The van der Waals surface area contributed by atoms with Crippen molar-refractivity contribution in [1.82, 2.24) is 0 Å². The van der Waals surface area contributed by atoms with Gasteiger partial charge >= 0.3 is 5.97 Å². The number of ether oxygens (including phenoxy) is 1. The second kappa shape index (κ2) is 9.40. The van der Waals surface area contributed by atoms with E-state index in [1.54, 1.807) is 50.2 Å². The zero-order valence-corrected chi connectivity index (χ0v) is 17.8. The SMILES string of the molecule is Cc1cc(C2(c3ccc(O)c(C)c3)OC(=O)c3ccccc32)ccc1O.OCC(O)CO. The Labute approximate surface area is 185 Å². The Bertz CT molecular complexity index is 1070. The summed E-state index contributed by atoms with van der Waals surface area (Å²) in [6.07, 6.45) is -0.954. The number of phenolic OH excluding ortho intramolecular Hbond substituents is 2. The average Bonchev–Trinajstić information content (AvgIpc) is 3.11. The van der Waals surface area contributed by atoms with Crippen LogP contribution in [0.5, 0.6) is 11.5 Å². The Balaban J connectivity index is 0.000000427. The van der Waals surface area contributed by atoms with Gasteiger partial charge in [-0.2, -0.15) is 0 Å². The van der Waals surface area contributed by atoms with E-state index in [1.165, 1.54) is 0 Å². The van der Waals surface area contributed by atoms with Crippen LogP contribution in [0.15, 0.2) is 60.7 Å². The summed E-state index contributed by atoms with van der Waals surface area (Å²) in [5, 5.41) is 43.9. The van der Waals surface area contributed by atoms with Crippen LogP contribution in [0.1, 0.15) is 38.2 Å². The molecule has 0 aromatic heterocycles. The number of esters is 1. The van der Waals surface area contributed by atoms with Gasteiger partial charge in [-0.1, -0.05) is 30.3 Å². The minimum Gasteiger partial charge on any atom is -0.508 e. The number of carbonyl (C=O) groups is 1. The number of cyclic esters (lactones) is 1. The predicted octanol–water partition coefficient (Wildman–Crippen LogP) is 2.51. The maximum absolute atomic E-state index is 12.6. The zero-order valence-electron chi connectivity index (χ0n) is 17.8. The Morgan fingerprint density at radius 2 is 1.34 bits per heavy atom. The molecule has 1 aliphatic rings. The smallest absolute Gasteiger partial charge is 0.340 e. The Morgan fingerprint density at radius 3 is 1.78 bits per heavy atom. The first-order valence-corrected chi connectivity index (χ1v) is 10.1. The van der Waals surface area contributed by atoms with Gasteiger partial charge in [0, 0.05) is 16.7 Å². The van der Waals surface area contributed by atoms with Crippen molar-refractivity contribution in [2.75, 3.05) is 13.2 Å². The third-order valence-corrected chi connectivity index (χ3v) is 5.40. The van der Waals surface area contributed by atoms with Crippen molar-refractivity contribution in [1.29, 1.82) is 0 Å². The van der Waals surface area contributed by atoms with Gasteiger partial charge < -0.3 is 30.3 Å². The molecule has 5 N–H and O–H groups in total. The lowest BCUT2D eigenvalue weighted by atomic mass is 9.79. The summed E-state index contributed by atoms with van der Waals surface area (Å²) in [6, 6.07) is 17.7. The van der Waals surface area contributed by atoms with Gasteiger partial charge in [-0.05, 0) is 55.3 Å². The van der Waals surface area contributed by atoms with Crippen LogP contribution in [0.4, 0.5) is 0 Å². The fourth-order valence-electron chi connectivity index (χ4n) is 3.62. The van der Waals surface area contributed by atoms with Gasteiger partial charge in [0.05, 0.1) is 18.8 Å². The maximum atomic E-state index is 12.6. The first-order chi connectivity index (χ1) is 15.2. The molecule has 0 amide bonds. The summed E-state index contributed by atoms with van der Waals surface area (Å²) in [7, 11) is 0. The van der Waals surface area contributed by atoms with E-state index < -0.39 is 17.7 Å². The summed E-state index contributed by atoms with van der Waals surface area (Å²) < 4.78 is 5.98. The number of hydrogen-bond donors (Lipinski definition) is 5. The van der Waals surface area contributed by atoms with Gasteiger partial charge in [0.2, 0.25) is 0 Å². The highest BCUT2D eigenvalue weighted by Crippen LogP contribution is 2.48.